The lowest BCUT2D eigenvalue weighted by molar-refractivity contribution is -0.138. The van der Waals surface area contributed by atoms with Crippen LogP contribution in [0, 0.1) is 4.78 Å². The Kier molecular flexibility index (Phi) is 13.7. The first-order valence-electron chi connectivity index (χ1n) is 3.70. The predicted molar refractivity (Wildman–Crippen MR) is 56.9 cm³/mol. The second-order valence-electron chi connectivity index (χ2n) is 2.03. The maximum Gasteiger partial charge on any atom is 0.320 e. The highest BCUT2D eigenvalue weighted by Gasteiger charge is 2.09. The highest BCUT2D eigenvalue weighted by atomic mass is 32.2. The first-order chi connectivity index (χ1) is 6.09. The average molecular weight is 228 g/mol. The third-order valence-corrected chi connectivity index (χ3v) is 2.03. The van der Waals surface area contributed by atoms with Crippen molar-refractivity contribution in [2.75, 3.05) is 11.5 Å². The largest absolute Gasteiger partial charge is 0.480 e. The molecule has 0 aliphatic rings. The van der Waals surface area contributed by atoms with Crippen molar-refractivity contribution in [2.24, 2.45) is 5.73 Å². The molecule has 1 atom stereocenters. The smallest absolute Gasteiger partial charge is 0.320 e. The number of carbonyl (C=O) groups is 1. The molecule has 5 nitrogen and oxygen atoms in total. The molecule has 0 aromatic carbocycles. The van der Waals surface area contributed by atoms with E-state index in [0.717, 1.165) is 11.5 Å². The molecule has 0 aromatic rings. The van der Waals surface area contributed by atoms with Crippen molar-refractivity contribution in [1.82, 2.24) is 0 Å². The third-order valence-electron chi connectivity index (χ3n) is 1.09. The van der Waals surface area contributed by atoms with Crippen molar-refractivity contribution in [2.45, 2.75) is 19.4 Å². The lowest BCUT2D eigenvalue weighted by Gasteiger charge is -2.03. The van der Waals surface area contributed by atoms with E-state index in [-0.39, 0.29) is 0 Å². The van der Waals surface area contributed by atoms with Gasteiger partial charge in [0.2, 0.25) is 0 Å². The predicted octanol–water partition coefficient (Wildman–Crippen LogP) is -0.0321. The van der Waals surface area contributed by atoms with Gasteiger partial charge in [0.05, 0.1) is 0 Å². The van der Waals surface area contributed by atoms with E-state index < -0.39 is 23.5 Å². The second-order valence-corrected chi connectivity index (χ2v) is 3.63. The van der Waals surface area contributed by atoms with Gasteiger partial charge in [0.25, 0.3) is 0 Å². The Hall–Kier alpha value is -0.270. The number of rotatable bonds is 5. The number of carboxylic acids is 1. The second kappa shape index (κ2) is 11.7. The fourth-order valence-electron chi connectivity index (χ4n) is 0.478. The van der Waals surface area contributed by atoms with Crippen molar-refractivity contribution < 1.29 is 14.1 Å². The van der Waals surface area contributed by atoms with Gasteiger partial charge >= 0.3 is 5.97 Å². The summed E-state index contributed by atoms with van der Waals surface area (Å²) in [6.45, 7) is 2.04. The van der Waals surface area contributed by atoms with Crippen molar-refractivity contribution in [3.8, 4) is 0 Å². The van der Waals surface area contributed by atoms with Crippen molar-refractivity contribution in [3.63, 3.8) is 0 Å². The quantitative estimate of drug-likeness (QED) is 0.573. The monoisotopic (exact) mass is 228 g/mol. The summed E-state index contributed by atoms with van der Waals surface area (Å²) in [6, 6.07) is -0.681. The van der Waals surface area contributed by atoms with E-state index in [1.54, 1.807) is 11.8 Å². The van der Waals surface area contributed by atoms with Crippen LogP contribution in [0.4, 0.5) is 0 Å². The molecule has 1 unspecified atom stereocenters. The molecule has 0 radical (unpaired) electrons. The normalized spacial score (nSPS) is 12.2. The van der Waals surface area contributed by atoms with Crippen LogP contribution in [0.15, 0.2) is 0 Å². The van der Waals surface area contributed by atoms with Crippen LogP contribution in [0.25, 0.3) is 0 Å². The Balaban J connectivity index is 0. The lowest BCUT2D eigenvalue weighted by atomic mass is 10.2. The Morgan fingerprint density at radius 3 is 2.54 bits per heavy atom. The van der Waals surface area contributed by atoms with Gasteiger partial charge in [-0.3, -0.25) is 13.8 Å². The lowest BCUT2D eigenvalue weighted by Crippen LogP contribution is -2.30. The highest BCUT2D eigenvalue weighted by molar-refractivity contribution is 7.99. The van der Waals surface area contributed by atoms with Crippen molar-refractivity contribution in [1.29, 1.82) is 4.78 Å². The van der Waals surface area contributed by atoms with Crippen LogP contribution in [0.5, 0.6) is 0 Å². The number of nitrogens with one attached hydrogen (secondary N) is 1. The molecule has 0 amide bonds. The number of nitrogens with two attached hydrogens (primary N) is 1. The number of aliphatic carboxylic acids is 1. The molecule has 0 saturated carbocycles. The number of hydrogen-bond donors (Lipinski definition) is 3. The van der Waals surface area contributed by atoms with Crippen LogP contribution in [0.3, 0.4) is 0 Å². The summed E-state index contributed by atoms with van der Waals surface area (Å²) in [7, 11) is 0. The zero-order chi connectivity index (χ0) is 10.7. The SMILES string of the molecule is CCSCCC(N)C(=O)O.N=[SH2]=O. The average Bonchev–Trinajstić information content (AvgIpc) is 2.06. The molecule has 4 N–H and O–H groups in total. The summed E-state index contributed by atoms with van der Waals surface area (Å²) < 4.78 is 14.3. The highest BCUT2D eigenvalue weighted by Crippen LogP contribution is 2.02. The molecule has 0 aliphatic heterocycles. The van der Waals surface area contributed by atoms with E-state index in [4.69, 9.17) is 19.8 Å². The Labute approximate surface area is 85.1 Å². The van der Waals surface area contributed by atoms with Gasteiger partial charge in [-0.2, -0.15) is 11.8 Å². The van der Waals surface area contributed by atoms with Crippen LogP contribution in [0.1, 0.15) is 13.3 Å². The minimum atomic E-state index is -0.917. The fraction of sp³-hybridized carbons (Fsp3) is 0.833. The van der Waals surface area contributed by atoms with Gasteiger partial charge in [-0.15, -0.1) is 0 Å². The number of hydrogen-bond acceptors (Lipinski definition) is 5. The van der Waals surface area contributed by atoms with Gasteiger partial charge in [0.1, 0.15) is 6.04 Å². The van der Waals surface area contributed by atoms with E-state index in [1.165, 1.54) is 0 Å². The summed E-state index contributed by atoms with van der Waals surface area (Å²) in [4.78, 5) is 10.2. The summed E-state index contributed by atoms with van der Waals surface area (Å²) >= 11 is 0.794. The molecule has 0 fully saturated rings. The van der Waals surface area contributed by atoms with Gasteiger partial charge in [0.15, 0.2) is 0 Å². The Morgan fingerprint density at radius 2 is 2.23 bits per heavy atom. The molecule has 0 bridgehead atoms. The van der Waals surface area contributed by atoms with E-state index in [0.29, 0.717) is 6.42 Å². The summed E-state index contributed by atoms with van der Waals surface area (Å²) in [5, 5.41) is 8.35. The molecule has 0 heterocycles. The topological polar surface area (TPSA) is 104 Å². The first kappa shape index (κ1) is 15.2. The molecular formula is C6H16N2O3S2. The van der Waals surface area contributed by atoms with E-state index in [1.807, 2.05) is 6.92 Å². The van der Waals surface area contributed by atoms with Crippen LogP contribution in [-0.4, -0.2) is 32.8 Å². The molecule has 0 aromatic heterocycles. The zero-order valence-corrected chi connectivity index (χ0v) is 9.26. The van der Waals surface area contributed by atoms with Gasteiger partial charge in [-0.05, 0) is 17.9 Å². The Morgan fingerprint density at radius 1 is 1.77 bits per heavy atom. The number of carboxylic acid groups (broad SMARTS) is 1. The van der Waals surface area contributed by atoms with Crippen molar-refractivity contribution in [3.05, 3.63) is 0 Å². The van der Waals surface area contributed by atoms with Crippen LogP contribution in [-0.2, 0) is 16.3 Å². The van der Waals surface area contributed by atoms with Gasteiger partial charge in [0, 0.05) is 11.5 Å². The molecule has 0 rings (SSSR count). The van der Waals surface area contributed by atoms with Gasteiger partial charge in [-0.25, -0.2) is 0 Å². The molecule has 80 valence electrons. The zero-order valence-electron chi connectivity index (χ0n) is 7.45. The molecule has 0 aliphatic carbocycles. The maximum absolute atomic E-state index is 10.2. The molecule has 7 heteroatoms. The van der Waals surface area contributed by atoms with Crippen LogP contribution in [0.2, 0.25) is 0 Å². The Bertz CT molecular complexity index is 171. The summed E-state index contributed by atoms with van der Waals surface area (Å²) in [6.07, 6.45) is 0.563. The summed E-state index contributed by atoms with van der Waals surface area (Å²) in [5.74, 6) is 0.952. The summed E-state index contributed by atoms with van der Waals surface area (Å²) in [5.41, 5.74) is 5.24. The number of thioether (sulfide) groups is 1. The molecular weight excluding hydrogens is 212 g/mol. The fourth-order valence-corrected chi connectivity index (χ4v) is 1.19. The van der Waals surface area contributed by atoms with Gasteiger partial charge < -0.3 is 10.8 Å². The molecule has 0 spiro atoms. The molecule has 13 heavy (non-hydrogen) atoms. The van der Waals surface area contributed by atoms with Gasteiger partial charge in [-0.1, -0.05) is 6.92 Å². The van der Waals surface area contributed by atoms with E-state index in [2.05, 4.69) is 0 Å². The van der Waals surface area contributed by atoms with E-state index >= 15 is 0 Å². The third kappa shape index (κ3) is 14.6. The van der Waals surface area contributed by atoms with Crippen molar-refractivity contribution >= 4 is 29.2 Å². The van der Waals surface area contributed by atoms with E-state index in [9.17, 15) is 4.79 Å². The minimum absolute atomic E-state index is 0.563. The minimum Gasteiger partial charge on any atom is -0.480 e. The van der Waals surface area contributed by atoms with Crippen LogP contribution < -0.4 is 5.73 Å². The maximum atomic E-state index is 10.2. The standard InChI is InChI=1S/C6H13NO2S.H3NOS/c1-2-10-4-3-5(7)6(8)9;1-3-2/h5H,2-4,7H2,1H3,(H,8,9);1H,3H2. The van der Waals surface area contributed by atoms with Crippen LogP contribution >= 0.6 is 11.8 Å². The molecule has 0 saturated heterocycles. The first-order valence-corrected chi connectivity index (χ1v) is 5.76.